The molecule has 2 aromatic rings. The molecule has 4 aliphatic rings. The summed E-state index contributed by atoms with van der Waals surface area (Å²) >= 11 is 0. The lowest BCUT2D eigenvalue weighted by molar-refractivity contribution is 0.0614. The molecule has 6 rings (SSSR count). The van der Waals surface area contributed by atoms with Crippen molar-refractivity contribution >= 4 is 10.0 Å². The van der Waals surface area contributed by atoms with Crippen molar-refractivity contribution in [2.45, 2.75) is 31.7 Å². The Morgan fingerprint density at radius 1 is 0.933 bits per heavy atom. The summed E-state index contributed by atoms with van der Waals surface area (Å²) in [5, 5.41) is 1.46. The summed E-state index contributed by atoms with van der Waals surface area (Å²) in [5.74, 6) is -0.320. The smallest absolute Gasteiger partial charge is 0.236 e. The topological polar surface area (TPSA) is 40.6 Å². The van der Waals surface area contributed by atoms with Crippen LogP contribution < -0.4 is 0 Å². The van der Waals surface area contributed by atoms with Gasteiger partial charge in [-0.05, 0) is 79.6 Å². The molecule has 6 heteroatoms. The fraction of sp³-hybridized carbons (Fsp3) is 0.417. The minimum absolute atomic E-state index is 0.0148. The highest BCUT2D eigenvalue weighted by Crippen LogP contribution is 2.42. The molecule has 2 aromatic carbocycles. The molecule has 1 atom stereocenters. The summed E-state index contributed by atoms with van der Waals surface area (Å²) in [5.41, 5.74) is 2.95. The monoisotopic (exact) mass is 426 g/mol. The van der Waals surface area contributed by atoms with E-state index in [2.05, 4.69) is 11.0 Å². The van der Waals surface area contributed by atoms with Crippen molar-refractivity contribution < 1.29 is 12.8 Å². The fourth-order valence-corrected chi connectivity index (χ4v) is 6.71. The van der Waals surface area contributed by atoms with Gasteiger partial charge in [-0.2, -0.15) is 4.31 Å². The van der Waals surface area contributed by atoms with Crippen molar-refractivity contribution in [1.29, 1.82) is 0 Å². The summed E-state index contributed by atoms with van der Waals surface area (Å²) in [6, 6.07) is 13.7. The number of benzene rings is 2. The molecule has 0 N–H and O–H groups in total. The fourth-order valence-electron chi connectivity index (χ4n) is 5.22. The number of piperidine rings is 3. The van der Waals surface area contributed by atoms with Crippen LogP contribution in [0.1, 0.15) is 42.0 Å². The molecule has 0 spiro atoms. The second-order valence-electron chi connectivity index (χ2n) is 8.82. The highest BCUT2D eigenvalue weighted by molar-refractivity contribution is 7.92. The molecule has 4 heterocycles. The van der Waals surface area contributed by atoms with Crippen LogP contribution >= 0.6 is 0 Å². The standard InChI is InChI=1S/C24H27FN2O2S/c25-21-7-5-20(6-8-21)23-22-4-2-1-3-19(22)9-14-27(23)30(28,29)18-13-24-10-15-26(16-11-24)17-12-24/h1-8,13,18,23H,9-12,14-17H2/b18-13-/t23-/m0/s1. The van der Waals surface area contributed by atoms with Crippen LogP contribution in [0.3, 0.4) is 0 Å². The van der Waals surface area contributed by atoms with E-state index in [1.807, 2.05) is 24.3 Å². The molecular weight excluding hydrogens is 399 g/mol. The number of hydrogen-bond donors (Lipinski definition) is 0. The van der Waals surface area contributed by atoms with E-state index in [0.717, 1.165) is 55.6 Å². The van der Waals surface area contributed by atoms with Crippen molar-refractivity contribution in [2.75, 3.05) is 26.2 Å². The Morgan fingerprint density at radius 2 is 1.60 bits per heavy atom. The Balaban J connectivity index is 1.51. The van der Waals surface area contributed by atoms with Crippen molar-refractivity contribution in [3.63, 3.8) is 0 Å². The first-order chi connectivity index (χ1) is 14.5. The van der Waals surface area contributed by atoms with Crippen LogP contribution in [0.25, 0.3) is 0 Å². The van der Waals surface area contributed by atoms with Crippen molar-refractivity contribution in [3.05, 3.63) is 82.5 Å². The normalized spacial score (nSPS) is 29.2. The first kappa shape index (κ1) is 19.9. The molecule has 3 saturated heterocycles. The minimum Gasteiger partial charge on any atom is -0.303 e. The number of fused-ring (bicyclic) bond motifs is 4. The number of sulfonamides is 1. The van der Waals surface area contributed by atoms with Gasteiger partial charge in [0, 0.05) is 12.0 Å². The van der Waals surface area contributed by atoms with E-state index in [0.29, 0.717) is 13.0 Å². The van der Waals surface area contributed by atoms with E-state index in [1.54, 1.807) is 16.4 Å². The molecule has 0 aromatic heterocycles. The lowest BCUT2D eigenvalue weighted by Gasteiger charge is -2.47. The second kappa shape index (κ2) is 7.59. The maximum absolute atomic E-state index is 13.5. The Hall–Kier alpha value is -2.02. The van der Waals surface area contributed by atoms with Gasteiger partial charge in [0.25, 0.3) is 0 Å². The molecule has 4 nitrogen and oxygen atoms in total. The molecule has 3 fully saturated rings. The molecule has 0 amide bonds. The van der Waals surface area contributed by atoms with Crippen LogP contribution in [0, 0.1) is 11.2 Å². The van der Waals surface area contributed by atoms with Gasteiger partial charge >= 0.3 is 0 Å². The third kappa shape index (κ3) is 3.61. The molecule has 2 bridgehead atoms. The number of hydrogen-bond acceptors (Lipinski definition) is 3. The zero-order valence-electron chi connectivity index (χ0n) is 17.0. The highest BCUT2D eigenvalue weighted by atomic mass is 32.2. The van der Waals surface area contributed by atoms with Gasteiger partial charge in [-0.3, -0.25) is 0 Å². The van der Waals surface area contributed by atoms with Gasteiger partial charge in [-0.25, -0.2) is 12.8 Å². The van der Waals surface area contributed by atoms with E-state index >= 15 is 0 Å². The Kier molecular flexibility index (Phi) is 5.04. The van der Waals surface area contributed by atoms with E-state index in [-0.39, 0.29) is 11.2 Å². The average molecular weight is 427 g/mol. The Morgan fingerprint density at radius 3 is 2.30 bits per heavy atom. The summed E-state index contributed by atoms with van der Waals surface area (Å²) in [7, 11) is -3.62. The molecule has 30 heavy (non-hydrogen) atoms. The maximum Gasteiger partial charge on any atom is 0.236 e. The van der Waals surface area contributed by atoms with Gasteiger partial charge in [-0.1, -0.05) is 42.5 Å². The summed E-state index contributed by atoms with van der Waals surface area (Å²) in [6.45, 7) is 3.59. The van der Waals surface area contributed by atoms with Gasteiger partial charge in [0.2, 0.25) is 10.0 Å². The molecule has 158 valence electrons. The Bertz CT molecular complexity index is 1040. The van der Waals surface area contributed by atoms with Gasteiger partial charge in [0.05, 0.1) is 6.04 Å². The van der Waals surface area contributed by atoms with Crippen LogP contribution in [-0.2, 0) is 16.4 Å². The number of halogens is 1. The van der Waals surface area contributed by atoms with E-state index < -0.39 is 16.1 Å². The van der Waals surface area contributed by atoms with Gasteiger partial charge in [0.1, 0.15) is 5.82 Å². The first-order valence-corrected chi connectivity index (χ1v) is 12.2. The minimum atomic E-state index is -3.62. The summed E-state index contributed by atoms with van der Waals surface area (Å²) in [6.07, 6.45) is 5.75. The van der Waals surface area contributed by atoms with Crippen LogP contribution in [0.2, 0.25) is 0 Å². The van der Waals surface area contributed by atoms with Gasteiger partial charge in [-0.15, -0.1) is 0 Å². The Labute approximate surface area is 178 Å². The molecule has 0 unspecified atom stereocenters. The molecule has 0 saturated carbocycles. The van der Waals surface area contributed by atoms with E-state index in [9.17, 15) is 12.8 Å². The van der Waals surface area contributed by atoms with Crippen molar-refractivity contribution in [2.24, 2.45) is 5.41 Å². The summed E-state index contributed by atoms with van der Waals surface area (Å²) < 4.78 is 42.2. The van der Waals surface area contributed by atoms with Crippen molar-refractivity contribution in [3.8, 4) is 0 Å². The average Bonchev–Trinajstić information content (AvgIpc) is 2.79. The van der Waals surface area contributed by atoms with Gasteiger partial charge in [0.15, 0.2) is 0 Å². The van der Waals surface area contributed by atoms with Crippen LogP contribution in [-0.4, -0.2) is 43.8 Å². The predicted octanol–water partition coefficient (Wildman–Crippen LogP) is 4.10. The van der Waals surface area contributed by atoms with E-state index in [4.69, 9.17) is 0 Å². The second-order valence-corrected chi connectivity index (χ2v) is 10.6. The van der Waals surface area contributed by atoms with Crippen LogP contribution in [0.4, 0.5) is 4.39 Å². The third-order valence-corrected chi connectivity index (χ3v) is 8.65. The number of rotatable bonds is 4. The predicted molar refractivity (Wildman–Crippen MR) is 116 cm³/mol. The zero-order valence-corrected chi connectivity index (χ0v) is 17.8. The maximum atomic E-state index is 13.5. The highest BCUT2D eigenvalue weighted by Gasteiger charge is 2.39. The zero-order chi connectivity index (χ0) is 20.8. The lowest BCUT2D eigenvalue weighted by Crippen LogP contribution is -2.47. The van der Waals surface area contributed by atoms with E-state index in [1.165, 1.54) is 17.5 Å². The van der Waals surface area contributed by atoms with Crippen LogP contribution in [0.5, 0.6) is 0 Å². The molecule has 0 radical (unpaired) electrons. The molecular formula is C24H27FN2O2S. The van der Waals surface area contributed by atoms with Gasteiger partial charge < -0.3 is 4.90 Å². The first-order valence-electron chi connectivity index (χ1n) is 10.7. The largest absolute Gasteiger partial charge is 0.303 e. The molecule has 4 aliphatic heterocycles. The quantitative estimate of drug-likeness (QED) is 0.739. The van der Waals surface area contributed by atoms with Crippen LogP contribution in [0.15, 0.2) is 60.0 Å². The molecule has 0 aliphatic carbocycles. The third-order valence-electron chi connectivity index (χ3n) is 7.12. The number of allylic oxidation sites excluding steroid dienone is 1. The summed E-state index contributed by atoms with van der Waals surface area (Å²) in [4.78, 5) is 2.45. The SMILES string of the molecule is O=S(=O)(/C=C\C12CCN(CC1)CC2)N1CCc2ccccc2[C@@H]1c1ccc(F)cc1. The van der Waals surface area contributed by atoms with Crippen molar-refractivity contribution in [1.82, 2.24) is 9.21 Å². The number of nitrogens with zero attached hydrogens (tertiary/aromatic N) is 2. The lowest BCUT2D eigenvalue weighted by atomic mass is 9.72.